The lowest BCUT2D eigenvalue weighted by molar-refractivity contribution is 0.577. The van der Waals surface area contributed by atoms with Gasteiger partial charge in [-0.3, -0.25) is 0 Å². The van der Waals surface area contributed by atoms with E-state index in [1.54, 1.807) is 18.2 Å². The van der Waals surface area contributed by atoms with Crippen LogP contribution in [0.3, 0.4) is 0 Å². The van der Waals surface area contributed by atoms with Crippen LogP contribution >= 0.6 is 11.8 Å². The third kappa shape index (κ3) is 3.64. The second kappa shape index (κ2) is 6.47. The van der Waals surface area contributed by atoms with Crippen molar-refractivity contribution in [3.05, 3.63) is 42.1 Å². The average Bonchev–Trinajstić information content (AvgIpc) is 2.42. The molecule has 0 aliphatic carbocycles. The van der Waals surface area contributed by atoms with E-state index < -0.39 is 11.6 Å². The molecule has 0 aliphatic rings. The maximum absolute atomic E-state index is 13.6. The molecule has 0 atom stereocenters. The van der Waals surface area contributed by atoms with E-state index in [-0.39, 0.29) is 5.03 Å². The van der Waals surface area contributed by atoms with Gasteiger partial charge >= 0.3 is 0 Å². The molecule has 6 heteroatoms. The molecule has 0 saturated carbocycles. The predicted octanol–water partition coefficient (Wildman–Crippen LogP) is 3.73. The van der Waals surface area contributed by atoms with Crippen molar-refractivity contribution in [1.29, 1.82) is 0 Å². The van der Waals surface area contributed by atoms with E-state index in [0.29, 0.717) is 17.4 Å². The fourth-order valence-corrected chi connectivity index (χ4v) is 2.18. The number of nitrogens with one attached hydrogen (secondary N) is 1. The molecule has 0 spiro atoms. The minimum Gasteiger partial charge on any atom is -0.354 e. The van der Waals surface area contributed by atoms with E-state index in [0.717, 1.165) is 24.4 Å². The quantitative estimate of drug-likeness (QED) is 0.847. The molecule has 1 aromatic heterocycles. The molecular formula is C13H13F2N3S. The third-order valence-corrected chi connectivity index (χ3v) is 3.32. The van der Waals surface area contributed by atoms with E-state index in [2.05, 4.69) is 15.3 Å². The normalized spacial score (nSPS) is 10.5. The first-order valence-electron chi connectivity index (χ1n) is 5.89. The van der Waals surface area contributed by atoms with Crippen LogP contribution in [0.5, 0.6) is 0 Å². The van der Waals surface area contributed by atoms with Crippen molar-refractivity contribution < 1.29 is 8.78 Å². The number of hydrogen-bond donors (Lipinski definition) is 1. The lowest BCUT2D eigenvalue weighted by Gasteiger charge is -2.06. The van der Waals surface area contributed by atoms with Crippen LogP contribution in [0.1, 0.15) is 13.3 Å². The van der Waals surface area contributed by atoms with E-state index in [1.807, 2.05) is 6.92 Å². The average molecular weight is 281 g/mol. The van der Waals surface area contributed by atoms with Crippen molar-refractivity contribution in [2.24, 2.45) is 0 Å². The van der Waals surface area contributed by atoms with E-state index in [9.17, 15) is 8.78 Å². The van der Waals surface area contributed by atoms with Crippen LogP contribution < -0.4 is 5.32 Å². The van der Waals surface area contributed by atoms with E-state index >= 15 is 0 Å². The molecule has 0 saturated heterocycles. The highest BCUT2D eigenvalue weighted by Gasteiger charge is 2.11. The lowest BCUT2D eigenvalue weighted by Crippen LogP contribution is -2.05. The molecule has 1 aromatic carbocycles. The molecule has 2 aromatic rings. The molecule has 0 aliphatic heterocycles. The topological polar surface area (TPSA) is 37.8 Å². The van der Waals surface area contributed by atoms with Gasteiger partial charge in [-0.1, -0.05) is 30.8 Å². The van der Waals surface area contributed by atoms with Crippen molar-refractivity contribution in [3.8, 4) is 0 Å². The summed E-state index contributed by atoms with van der Waals surface area (Å²) in [4.78, 5) is 8.22. The Balaban J connectivity index is 2.21. The maximum atomic E-state index is 13.6. The van der Waals surface area contributed by atoms with Gasteiger partial charge in [-0.15, -0.1) is 0 Å². The monoisotopic (exact) mass is 281 g/mol. The van der Waals surface area contributed by atoms with Gasteiger partial charge in [-0.05, 0) is 18.6 Å². The van der Waals surface area contributed by atoms with E-state index in [4.69, 9.17) is 0 Å². The van der Waals surface area contributed by atoms with Gasteiger partial charge in [0.1, 0.15) is 10.8 Å². The highest BCUT2D eigenvalue weighted by Crippen LogP contribution is 2.30. The Kier molecular flexibility index (Phi) is 4.68. The number of hydrogen-bond acceptors (Lipinski definition) is 4. The molecule has 100 valence electrons. The zero-order chi connectivity index (χ0) is 13.7. The van der Waals surface area contributed by atoms with Crippen LogP contribution in [-0.2, 0) is 0 Å². The molecule has 2 rings (SSSR count). The third-order valence-electron chi connectivity index (χ3n) is 2.29. The molecule has 19 heavy (non-hydrogen) atoms. The van der Waals surface area contributed by atoms with E-state index in [1.165, 1.54) is 6.07 Å². The van der Waals surface area contributed by atoms with Gasteiger partial charge < -0.3 is 5.32 Å². The summed E-state index contributed by atoms with van der Waals surface area (Å²) < 4.78 is 27.1. The summed E-state index contributed by atoms with van der Waals surface area (Å²) in [6.07, 6.45) is 2.00. The molecular weight excluding hydrogens is 268 g/mol. The zero-order valence-corrected chi connectivity index (χ0v) is 11.2. The Bertz CT molecular complexity index is 563. The highest BCUT2D eigenvalue weighted by atomic mass is 32.2. The van der Waals surface area contributed by atoms with Crippen LogP contribution in [-0.4, -0.2) is 16.5 Å². The van der Waals surface area contributed by atoms with Gasteiger partial charge in [0.15, 0.2) is 5.82 Å². The van der Waals surface area contributed by atoms with Crippen LogP contribution in [0.4, 0.5) is 14.7 Å². The summed E-state index contributed by atoms with van der Waals surface area (Å²) in [6, 6.07) is 6.20. The molecule has 1 heterocycles. The Labute approximate surface area is 114 Å². The van der Waals surface area contributed by atoms with Gasteiger partial charge in [0, 0.05) is 11.4 Å². The first kappa shape index (κ1) is 13.7. The number of rotatable bonds is 5. The SMILES string of the molecule is CCCNc1ncc(F)c(Sc2ccccc2F)n1. The largest absolute Gasteiger partial charge is 0.354 e. The predicted molar refractivity (Wildman–Crippen MR) is 71.3 cm³/mol. The van der Waals surface area contributed by atoms with Gasteiger partial charge in [-0.2, -0.15) is 0 Å². The number of anilines is 1. The van der Waals surface area contributed by atoms with Crippen molar-refractivity contribution in [3.63, 3.8) is 0 Å². The fourth-order valence-electron chi connectivity index (χ4n) is 1.38. The zero-order valence-electron chi connectivity index (χ0n) is 10.4. The molecule has 0 radical (unpaired) electrons. The first-order valence-corrected chi connectivity index (χ1v) is 6.71. The van der Waals surface area contributed by atoms with Gasteiger partial charge in [0.2, 0.25) is 5.95 Å². The second-order valence-corrected chi connectivity index (χ2v) is 4.84. The summed E-state index contributed by atoms with van der Waals surface area (Å²) in [7, 11) is 0. The minimum atomic E-state index is -0.560. The first-order chi connectivity index (χ1) is 9.20. The van der Waals surface area contributed by atoms with Gasteiger partial charge in [0.25, 0.3) is 0 Å². The Morgan fingerprint density at radius 1 is 1.21 bits per heavy atom. The maximum Gasteiger partial charge on any atom is 0.223 e. The second-order valence-electron chi connectivity index (χ2n) is 3.81. The lowest BCUT2D eigenvalue weighted by atomic mass is 10.3. The molecule has 0 fully saturated rings. The number of aromatic nitrogens is 2. The molecule has 3 nitrogen and oxygen atoms in total. The van der Waals surface area contributed by atoms with Crippen LogP contribution in [0.25, 0.3) is 0 Å². The Morgan fingerprint density at radius 3 is 2.74 bits per heavy atom. The van der Waals surface area contributed by atoms with Gasteiger partial charge in [-0.25, -0.2) is 18.7 Å². The summed E-state index contributed by atoms with van der Waals surface area (Å²) in [5.74, 6) is -0.606. The minimum absolute atomic E-state index is 0.110. The molecule has 1 N–H and O–H groups in total. The number of benzene rings is 1. The molecule has 0 bridgehead atoms. The van der Waals surface area contributed by atoms with Crippen LogP contribution in [0, 0.1) is 11.6 Å². The Morgan fingerprint density at radius 2 is 2.00 bits per heavy atom. The summed E-state index contributed by atoms with van der Waals surface area (Å²) in [5.41, 5.74) is 0. The van der Waals surface area contributed by atoms with Crippen LogP contribution in [0.15, 0.2) is 40.4 Å². The summed E-state index contributed by atoms with van der Waals surface area (Å²) in [6.45, 7) is 2.71. The molecule has 0 amide bonds. The summed E-state index contributed by atoms with van der Waals surface area (Å²) in [5, 5.41) is 3.08. The van der Waals surface area contributed by atoms with Crippen molar-refractivity contribution in [2.75, 3.05) is 11.9 Å². The smallest absolute Gasteiger partial charge is 0.223 e. The van der Waals surface area contributed by atoms with Crippen LogP contribution in [0.2, 0.25) is 0 Å². The van der Waals surface area contributed by atoms with Crippen molar-refractivity contribution in [1.82, 2.24) is 9.97 Å². The standard InChI is InChI=1S/C13H13F2N3S/c1-2-7-16-13-17-8-10(15)12(18-13)19-11-6-4-3-5-9(11)14/h3-6,8H,2,7H2,1H3,(H,16,17,18). The summed E-state index contributed by atoms with van der Waals surface area (Å²) >= 11 is 0.947. The Hall–Kier alpha value is -1.69. The van der Waals surface area contributed by atoms with Crippen molar-refractivity contribution in [2.45, 2.75) is 23.3 Å². The fraction of sp³-hybridized carbons (Fsp3) is 0.231. The number of nitrogens with zero attached hydrogens (tertiary/aromatic N) is 2. The number of halogens is 2. The molecule has 0 unspecified atom stereocenters. The van der Waals surface area contributed by atoms with Crippen molar-refractivity contribution >= 4 is 17.7 Å². The highest BCUT2D eigenvalue weighted by molar-refractivity contribution is 7.99. The van der Waals surface area contributed by atoms with Gasteiger partial charge in [0.05, 0.1) is 6.20 Å².